The standard InChI is InChI=1S/C9H13N/c1-7-3-4-9(6-10)5-8(7)2/h9H,3-5H2,1-2H3. The molecule has 0 N–H and O–H groups in total. The van der Waals surface area contributed by atoms with Crippen molar-refractivity contribution in [3.05, 3.63) is 11.1 Å². The van der Waals surface area contributed by atoms with Gasteiger partial charge in [-0.25, -0.2) is 0 Å². The first-order valence-electron chi connectivity index (χ1n) is 3.79. The molecule has 0 saturated heterocycles. The minimum Gasteiger partial charge on any atom is -0.198 e. The van der Waals surface area contributed by atoms with Crippen LogP contribution in [-0.4, -0.2) is 0 Å². The summed E-state index contributed by atoms with van der Waals surface area (Å²) in [7, 11) is 0. The van der Waals surface area contributed by atoms with Gasteiger partial charge in [-0.15, -0.1) is 0 Å². The van der Waals surface area contributed by atoms with Gasteiger partial charge in [-0.2, -0.15) is 5.26 Å². The van der Waals surface area contributed by atoms with Crippen LogP contribution in [0.5, 0.6) is 0 Å². The summed E-state index contributed by atoms with van der Waals surface area (Å²) in [5.41, 5.74) is 2.92. The van der Waals surface area contributed by atoms with Crippen LogP contribution in [0.2, 0.25) is 0 Å². The quantitative estimate of drug-likeness (QED) is 0.468. The molecule has 0 heterocycles. The maximum absolute atomic E-state index is 8.62. The monoisotopic (exact) mass is 135 g/mol. The van der Waals surface area contributed by atoms with Gasteiger partial charge in [0.15, 0.2) is 0 Å². The topological polar surface area (TPSA) is 23.8 Å². The molecular formula is C9H13N. The van der Waals surface area contributed by atoms with Crippen molar-refractivity contribution in [3.8, 4) is 6.07 Å². The van der Waals surface area contributed by atoms with E-state index in [0.717, 1.165) is 19.3 Å². The molecule has 0 fully saturated rings. The van der Waals surface area contributed by atoms with Gasteiger partial charge in [-0.1, -0.05) is 11.1 Å². The molecule has 54 valence electrons. The molecule has 1 aliphatic carbocycles. The highest BCUT2D eigenvalue weighted by molar-refractivity contribution is 5.15. The summed E-state index contributed by atoms with van der Waals surface area (Å²) in [6, 6.07) is 2.32. The fourth-order valence-corrected chi connectivity index (χ4v) is 1.36. The molecule has 0 spiro atoms. The van der Waals surface area contributed by atoms with Gasteiger partial charge in [0.1, 0.15) is 0 Å². The maximum Gasteiger partial charge on any atom is 0.0659 e. The van der Waals surface area contributed by atoms with Crippen LogP contribution in [-0.2, 0) is 0 Å². The highest BCUT2D eigenvalue weighted by Crippen LogP contribution is 2.27. The third kappa shape index (κ3) is 1.39. The molecular weight excluding hydrogens is 122 g/mol. The van der Waals surface area contributed by atoms with Gasteiger partial charge in [0.05, 0.1) is 12.0 Å². The molecule has 1 aliphatic rings. The summed E-state index contributed by atoms with van der Waals surface area (Å²) >= 11 is 0. The fraction of sp³-hybridized carbons (Fsp3) is 0.667. The molecule has 0 aromatic heterocycles. The number of nitrogens with zero attached hydrogens (tertiary/aromatic N) is 1. The zero-order chi connectivity index (χ0) is 7.56. The van der Waals surface area contributed by atoms with E-state index in [1.165, 1.54) is 11.1 Å². The van der Waals surface area contributed by atoms with E-state index >= 15 is 0 Å². The third-order valence-corrected chi connectivity index (χ3v) is 2.33. The Morgan fingerprint density at radius 2 is 2.10 bits per heavy atom. The van der Waals surface area contributed by atoms with Gasteiger partial charge < -0.3 is 0 Å². The summed E-state index contributed by atoms with van der Waals surface area (Å²) in [6.07, 6.45) is 3.20. The molecule has 1 heteroatoms. The maximum atomic E-state index is 8.62. The van der Waals surface area contributed by atoms with Gasteiger partial charge in [0.25, 0.3) is 0 Å². The molecule has 0 aromatic carbocycles. The minimum atomic E-state index is 0.295. The lowest BCUT2D eigenvalue weighted by molar-refractivity contribution is 0.557. The van der Waals surface area contributed by atoms with Crippen molar-refractivity contribution in [2.45, 2.75) is 33.1 Å². The second kappa shape index (κ2) is 2.88. The van der Waals surface area contributed by atoms with Gasteiger partial charge in [-0.3, -0.25) is 0 Å². The molecule has 1 unspecified atom stereocenters. The highest BCUT2D eigenvalue weighted by atomic mass is 14.3. The molecule has 1 rings (SSSR count). The van der Waals surface area contributed by atoms with E-state index in [1.807, 2.05) is 0 Å². The lowest BCUT2D eigenvalue weighted by atomic mass is 9.86. The van der Waals surface area contributed by atoms with Crippen molar-refractivity contribution < 1.29 is 0 Å². The largest absolute Gasteiger partial charge is 0.198 e. The molecule has 10 heavy (non-hydrogen) atoms. The second-order valence-electron chi connectivity index (χ2n) is 3.13. The van der Waals surface area contributed by atoms with Crippen LogP contribution in [0.4, 0.5) is 0 Å². The van der Waals surface area contributed by atoms with Gasteiger partial charge >= 0.3 is 0 Å². The first-order valence-corrected chi connectivity index (χ1v) is 3.79. The van der Waals surface area contributed by atoms with Crippen LogP contribution in [0.1, 0.15) is 33.1 Å². The smallest absolute Gasteiger partial charge is 0.0659 e. The fourth-order valence-electron chi connectivity index (χ4n) is 1.36. The minimum absolute atomic E-state index is 0.295. The van der Waals surface area contributed by atoms with E-state index in [9.17, 15) is 0 Å². The Morgan fingerprint density at radius 3 is 2.60 bits per heavy atom. The number of hydrogen-bond donors (Lipinski definition) is 0. The van der Waals surface area contributed by atoms with E-state index < -0.39 is 0 Å². The SMILES string of the molecule is CC1=C(C)CC(C#N)CC1. The molecule has 0 amide bonds. The summed E-state index contributed by atoms with van der Waals surface area (Å²) in [5, 5.41) is 8.62. The van der Waals surface area contributed by atoms with Crippen molar-refractivity contribution in [1.29, 1.82) is 5.26 Å². The van der Waals surface area contributed by atoms with E-state index in [-0.39, 0.29) is 0 Å². The second-order valence-corrected chi connectivity index (χ2v) is 3.13. The Balaban J connectivity index is 2.64. The van der Waals surface area contributed by atoms with Crippen molar-refractivity contribution in [2.75, 3.05) is 0 Å². The molecule has 1 nitrogen and oxygen atoms in total. The zero-order valence-electron chi connectivity index (χ0n) is 6.65. The third-order valence-electron chi connectivity index (χ3n) is 2.33. The molecule has 0 radical (unpaired) electrons. The summed E-state index contributed by atoms with van der Waals surface area (Å²) in [6.45, 7) is 4.31. The summed E-state index contributed by atoms with van der Waals surface area (Å²) in [4.78, 5) is 0. The van der Waals surface area contributed by atoms with Crippen molar-refractivity contribution >= 4 is 0 Å². The van der Waals surface area contributed by atoms with E-state index in [0.29, 0.717) is 5.92 Å². The zero-order valence-corrected chi connectivity index (χ0v) is 6.65. The number of nitriles is 1. The summed E-state index contributed by atoms with van der Waals surface area (Å²) < 4.78 is 0. The predicted octanol–water partition coefficient (Wildman–Crippen LogP) is 2.65. The molecule has 0 aliphatic heterocycles. The molecule has 0 bridgehead atoms. The van der Waals surface area contributed by atoms with Crippen LogP contribution in [0, 0.1) is 17.2 Å². The van der Waals surface area contributed by atoms with Gasteiger partial charge in [0.2, 0.25) is 0 Å². The van der Waals surface area contributed by atoms with Crippen LogP contribution in [0.3, 0.4) is 0 Å². The first-order chi connectivity index (χ1) is 4.74. The van der Waals surface area contributed by atoms with E-state index in [4.69, 9.17) is 5.26 Å². The normalized spacial score (nSPS) is 26.3. The van der Waals surface area contributed by atoms with Gasteiger partial charge in [-0.05, 0) is 33.1 Å². The molecule has 0 saturated carbocycles. The van der Waals surface area contributed by atoms with Gasteiger partial charge in [0, 0.05) is 0 Å². The molecule has 0 aromatic rings. The number of rotatable bonds is 0. The van der Waals surface area contributed by atoms with Crippen LogP contribution >= 0.6 is 0 Å². The van der Waals surface area contributed by atoms with Crippen molar-refractivity contribution in [2.24, 2.45) is 5.92 Å². The Bertz CT molecular complexity index is 195. The van der Waals surface area contributed by atoms with Crippen molar-refractivity contribution in [3.63, 3.8) is 0 Å². The van der Waals surface area contributed by atoms with E-state index in [1.54, 1.807) is 0 Å². The average Bonchev–Trinajstić information content (AvgIpc) is 1.95. The number of allylic oxidation sites excluding steroid dienone is 2. The highest BCUT2D eigenvalue weighted by Gasteiger charge is 2.14. The lowest BCUT2D eigenvalue weighted by Crippen LogP contribution is -2.05. The van der Waals surface area contributed by atoms with Crippen LogP contribution in [0.25, 0.3) is 0 Å². The first kappa shape index (κ1) is 7.34. The Labute approximate surface area is 62.4 Å². The van der Waals surface area contributed by atoms with Crippen molar-refractivity contribution in [1.82, 2.24) is 0 Å². The Hall–Kier alpha value is -0.770. The lowest BCUT2D eigenvalue weighted by Gasteiger charge is -2.18. The van der Waals surface area contributed by atoms with Crippen LogP contribution < -0.4 is 0 Å². The van der Waals surface area contributed by atoms with E-state index in [2.05, 4.69) is 19.9 Å². The number of hydrogen-bond acceptors (Lipinski definition) is 1. The predicted molar refractivity (Wildman–Crippen MR) is 41.3 cm³/mol. The Morgan fingerprint density at radius 1 is 1.40 bits per heavy atom. The Kier molecular flexibility index (Phi) is 2.11. The average molecular weight is 135 g/mol. The van der Waals surface area contributed by atoms with Crippen LogP contribution in [0.15, 0.2) is 11.1 Å². The summed E-state index contributed by atoms with van der Waals surface area (Å²) in [5.74, 6) is 0.295. The molecule has 1 atom stereocenters.